The van der Waals surface area contributed by atoms with E-state index >= 15 is 0 Å². The van der Waals surface area contributed by atoms with Crippen LogP contribution in [0, 0.1) is 31.6 Å². The summed E-state index contributed by atoms with van der Waals surface area (Å²) >= 11 is 0. The number of benzene rings is 2. The van der Waals surface area contributed by atoms with E-state index in [9.17, 15) is 24.3 Å². The van der Waals surface area contributed by atoms with E-state index in [0.717, 1.165) is 93.5 Å². The smallest absolute Gasteiger partial charge is 0.409 e. The van der Waals surface area contributed by atoms with Crippen LogP contribution in [0.5, 0.6) is 5.75 Å². The summed E-state index contributed by atoms with van der Waals surface area (Å²) in [6, 6.07) is 12.0. The van der Waals surface area contributed by atoms with Gasteiger partial charge in [0.05, 0.1) is 20.8 Å². The number of methoxy groups -OCH3 is 2. The predicted octanol–water partition coefficient (Wildman–Crippen LogP) is 5.62. The van der Waals surface area contributed by atoms with E-state index in [4.69, 9.17) is 9.47 Å². The molecule has 0 saturated carbocycles. The zero-order valence-electron chi connectivity index (χ0n) is 32.3. The molecule has 3 fully saturated rings. The molecular formula is C41H59N5O7. The summed E-state index contributed by atoms with van der Waals surface area (Å²) in [4.78, 5) is 56.3. The average Bonchev–Trinajstić information content (AvgIpc) is 3.34. The van der Waals surface area contributed by atoms with E-state index in [1.807, 2.05) is 60.9 Å². The predicted molar refractivity (Wildman–Crippen MR) is 204 cm³/mol. The molecule has 12 heteroatoms. The van der Waals surface area contributed by atoms with Crippen LogP contribution in [0.4, 0.5) is 15.3 Å². The number of para-hydroxylation sites is 1. The molecule has 4 aliphatic heterocycles. The van der Waals surface area contributed by atoms with E-state index in [1.54, 1.807) is 4.90 Å². The lowest BCUT2D eigenvalue weighted by molar-refractivity contribution is -0.142. The van der Waals surface area contributed by atoms with Gasteiger partial charge in [0.15, 0.2) is 0 Å². The highest BCUT2D eigenvalue weighted by atomic mass is 16.5. The van der Waals surface area contributed by atoms with E-state index < -0.39 is 0 Å². The van der Waals surface area contributed by atoms with Crippen molar-refractivity contribution in [1.82, 2.24) is 19.6 Å². The molecule has 2 aromatic rings. The van der Waals surface area contributed by atoms with Crippen LogP contribution in [-0.4, -0.2) is 121 Å². The van der Waals surface area contributed by atoms with Crippen LogP contribution in [0.15, 0.2) is 36.4 Å². The number of aromatic hydroxyl groups is 1. The Morgan fingerprint density at radius 1 is 0.830 bits per heavy atom. The molecule has 0 aliphatic carbocycles. The number of nitrogens with zero attached hydrogens (tertiary/aromatic N) is 4. The van der Waals surface area contributed by atoms with Gasteiger partial charge in [0.1, 0.15) is 5.75 Å². The maximum absolute atomic E-state index is 13.0. The van der Waals surface area contributed by atoms with Crippen molar-refractivity contribution in [3.63, 3.8) is 0 Å². The van der Waals surface area contributed by atoms with Gasteiger partial charge in [0, 0.05) is 50.4 Å². The molecule has 290 valence electrons. The van der Waals surface area contributed by atoms with Crippen molar-refractivity contribution in [2.45, 2.75) is 78.2 Å². The topological polar surface area (TPSA) is 132 Å². The van der Waals surface area contributed by atoms with Gasteiger partial charge in [0.2, 0.25) is 5.91 Å². The quantitative estimate of drug-likeness (QED) is 0.351. The van der Waals surface area contributed by atoms with Crippen LogP contribution < -0.4 is 5.32 Å². The van der Waals surface area contributed by atoms with Gasteiger partial charge in [0.25, 0.3) is 0 Å². The van der Waals surface area contributed by atoms with Crippen molar-refractivity contribution in [3.8, 4) is 5.75 Å². The number of carbonyl (C=O) groups is 4. The number of phenolic OH excluding ortho intramolecular Hbond substituents is 1. The van der Waals surface area contributed by atoms with Crippen LogP contribution >= 0.6 is 0 Å². The van der Waals surface area contributed by atoms with Crippen LogP contribution in [0.2, 0.25) is 0 Å². The highest BCUT2D eigenvalue weighted by molar-refractivity contribution is 5.91. The fourth-order valence-corrected chi connectivity index (χ4v) is 8.56. The minimum Gasteiger partial charge on any atom is -0.507 e. The van der Waals surface area contributed by atoms with Gasteiger partial charge < -0.3 is 34.6 Å². The number of carbonyl (C=O) groups excluding carboxylic acids is 4. The van der Waals surface area contributed by atoms with Crippen LogP contribution in [0.1, 0.15) is 67.7 Å². The fraction of sp³-hybridized carbons (Fsp3) is 0.610. The Hall–Kier alpha value is -4.32. The maximum Gasteiger partial charge on any atom is 0.409 e. The molecular weight excluding hydrogens is 674 g/mol. The Morgan fingerprint density at radius 2 is 1.42 bits per heavy atom. The lowest BCUT2D eigenvalue weighted by Crippen LogP contribution is -2.50. The summed E-state index contributed by atoms with van der Waals surface area (Å²) in [6.45, 7) is 11.8. The second kappa shape index (κ2) is 18.6. The van der Waals surface area contributed by atoms with Gasteiger partial charge in [-0.05, 0) is 118 Å². The molecule has 0 radical (unpaired) electrons. The number of esters is 1. The number of fused-ring (bicyclic) bond motifs is 1. The van der Waals surface area contributed by atoms with Gasteiger partial charge in [-0.15, -0.1) is 0 Å². The van der Waals surface area contributed by atoms with E-state index in [2.05, 4.69) is 16.3 Å². The van der Waals surface area contributed by atoms with Gasteiger partial charge in [-0.3, -0.25) is 14.5 Å². The SMILES string of the molecule is COC(=O)CN1CCC(C2CCN(C(=O)[C@H](C)Cc3cc(C)c(O)c(C)c3)CC2)CC1.COC(=O)N1CCC(N2CCc3ccccc3NC2=O)CC1. The van der Waals surface area contributed by atoms with Crippen LogP contribution in [0.25, 0.3) is 0 Å². The molecule has 0 unspecified atom stereocenters. The first kappa shape index (κ1) is 39.9. The summed E-state index contributed by atoms with van der Waals surface area (Å²) in [6.07, 6.45) is 7.28. The number of aryl methyl sites for hydroxylation is 2. The lowest BCUT2D eigenvalue weighted by Gasteiger charge is -2.40. The summed E-state index contributed by atoms with van der Waals surface area (Å²) in [5, 5.41) is 13.0. The molecule has 4 aliphatic rings. The maximum atomic E-state index is 13.0. The Balaban J connectivity index is 0.000000216. The van der Waals surface area contributed by atoms with Gasteiger partial charge in [-0.1, -0.05) is 37.3 Å². The highest BCUT2D eigenvalue weighted by Gasteiger charge is 2.33. The number of piperidine rings is 3. The Labute approximate surface area is 314 Å². The standard InChI is InChI=1S/C25H38N2O4.C16H21N3O3/c1-17-13-20(14-18(2)24(17)29)15-19(3)25(30)27-11-7-22(8-12-27)21-5-9-26(10-6-21)16-23(28)31-4;1-22-16(21)18-9-7-13(8-10-18)19-11-6-12-4-2-3-5-14(12)17-15(19)20/h13-14,19,21-22,29H,5-12,15-16H2,1-4H3;2-5,13H,6-11H2,1H3,(H,17,20)/t19-;/m1./s1. The third kappa shape index (κ3) is 10.4. The van der Waals surface area contributed by atoms with Crippen molar-refractivity contribution in [2.75, 3.05) is 71.9 Å². The van der Waals surface area contributed by atoms with Crippen LogP contribution in [-0.2, 0) is 31.9 Å². The number of amides is 4. The molecule has 6 rings (SSSR count). The second-order valence-corrected chi connectivity index (χ2v) is 15.3. The average molecular weight is 734 g/mol. The minimum atomic E-state index is -0.286. The first-order valence-corrected chi connectivity index (χ1v) is 19.3. The number of rotatable bonds is 7. The lowest BCUT2D eigenvalue weighted by atomic mass is 9.78. The zero-order valence-corrected chi connectivity index (χ0v) is 32.3. The molecule has 0 aromatic heterocycles. The number of likely N-dealkylation sites (tertiary alicyclic amines) is 3. The van der Waals surface area contributed by atoms with Crippen molar-refractivity contribution >= 4 is 29.7 Å². The van der Waals surface area contributed by atoms with E-state index in [-0.39, 0.29) is 36.0 Å². The number of ether oxygens (including phenoxy) is 2. The van der Waals surface area contributed by atoms with Crippen molar-refractivity contribution in [3.05, 3.63) is 58.7 Å². The monoisotopic (exact) mass is 733 g/mol. The second-order valence-electron chi connectivity index (χ2n) is 15.3. The molecule has 0 spiro atoms. The normalized spacial score (nSPS) is 19.6. The molecule has 2 N–H and O–H groups in total. The molecule has 12 nitrogen and oxygen atoms in total. The number of nitrogens with one attached hydrogen (secondary N) is 1. The molecule has 53 heavy (non-hydrogen) atoms. The highest BCUT2D eigenvalue weighted by Crippen LogP contribution is 2.33. The molecule has 4 heterocycles. The summed E-state index contributed by atoms with van der Waals surface area (Å²) < 4.78 is 9.52. The van der Waals surface area contributed by atoms with E-state index in [0.29, 0.717) is 50.2 Å². The fourth-order valence-electron chi connectivity index (χ4n) is 8.56. The van der Waals surface area contributed by atoms with Gasteiger partial charge >= 0.3 is 18.1 Å². The van der Waals surface area contributed by atoms with Gasteiger partial charge in [-0.25, -0.2) is 9.59 Å². The molecule has 3 saturated heterocycles. The Kier molecular flexibility index (Phi) is 14.0. The van der Waals surface area contributed by atoms with Gasteiger partial charge in [-0.2, -0.15) is 0 Å². The largest absolute Gasteiger partial charge is 0.507 e. The number of hydrogen-bond donors (Lipinski definition) is 2. The van der Waals surface area contributed by atoms with Crippen molar-refractivity contribution in [1.29, 1.82) is 0 Å². The third-order valence-corrected chi connectivity index (χ3v) is 11.7. The summed E-state index contributed by atoms with van der Waals surface area (Å²) in [7, 11) is 2.84. The number of anilines is 1. The Bertz CT molecular complexity index is 1550. The molecule has 4 amide bonds. The van der Waals surface area contributed by atoms with Crippen molar-refractivity contribution in [2.24, 2.45) is 17.8 Å². The first-order valence-electron chi connectivity index (χ1n) is 19.3. The number of hydrogen-bond acceptors (Lipinski definition) is 8. The first-order chi connectivity index (χ1) is 25.5. The molecule has 1 atom stereocenters. The number of phenols is 1. The molecule has 0 bridgehead atoms. The van der Waals surface area contributed by atoms with E-state index in [1.165, 1.54) is 19.8 Å². The summed E-state index contributed by atoms with van der Waals surface area (Å²) in [5.74, 6) is 1.77. The number of urea groups is 1. The molecule has 2 aromatic carbocycles. The van der Waals surface area contributed by atoms with Crippen LogP contribution in [0.3, 0.4) is 0 Å². The Morgan fingerprint density at radius 3 is 2.02 bits per heavy atom. The third-order valence-electron chi connectivity index (χ3n) is 11.7. The zero-order chi connectivity index (χ0) is 38.1. The van der Waals surface area contributed by atoms with Crippen molar-refractivity contribution < 1.29 is 33.8 Å². The summed E-state index contributed by atoms with van der Waals surface area (Å²) in [5.41, 5.74) is 4.93. The minimum absolute atomic E-state index is 0.0403.